The number of rotatable bonds is 10. The number of aryl methyl sites for hydroxylation is 1. The summed E-state index contributed by atoms with van der Waals surface area (Å²) in [7, 11) is 0. The van der Waals surface area contributed by atoms with E-state index in [1.54, 1.807) is 6.21 Å². The Balaban J connectivity index is 1.67. The molecular weight excluding hydrogens is 380 g/mol. The van der Waals surface area contributed by atoms with Gasteiger partial charge in [-0.15, -0.1) is 0 Å². The molecule has 3 rings (SSSR count). The van der Waals surface area contributed by atoms with Crippen LogP contribution in [0.1, 0.15) is 25.0 Å². The van der Waals surface area contributed by atoms with Crippen LogP contribution in [0.2, 0.25) is 0 Å². The van der Waals surface area contributed by atoms with Gasteiger partial charge < -0.3 is 14.4 Å². The van der Waals surface area contributed by atoms with Gasteiger partial charge in [0, 0.05) is 38.8 Å². The first-order chi connectivity index (χ1) is 14.7. The molecule has 1 fully saturated rings. The minimum Gasteiger partial charge on any atom is -0.462 e. The second-order valence-corrected chi connectivity index (χ2v) is 7.15. The van der Waals surface area contributed by atoms with Gasteiger partial charge in [0.25, 0.3) is 0 Å². The Hall–Kier alpha value is -2.71. The second-order valence-electron chi connectivity index (χ2n) is 7.15. The van der Waals surface area contributed by atoms with Gasteiger partial charge in [0.1, 0.15) is 12.4 Å². The summed E-state index contributed by atoms with van der Waals surface area (Å²) in [5.41, 5.74) is 5.25. The molecule has 30 heavy (non-hydrogen) atoms. The SMILES string of the molecule is CCN(CC)c1cc(N/N=C/c2cccc(C)c2)nc(OCCN2CCOCC2)n1. The van der Waals surface area contributed by atoms with E-state index >= 15 is 0 Å². The number of benzene rings is 1. The highest BCUT2D eigenvalue weighted by atomic mass is 16.5. The van der Waals surface area contributed by atoms with Crippen LogP contribution in [0, 0.1) is 6.92 Å². The van der Waals surface area contributed by atoms with E-state index in [1.807, 2.05) is 18.2 Å². The lowest BCUT2D eigenvalue weighted by Gasteiger charge is -2.26. The zero-order valence-electron chi connectivity index (χ0n) is 18.2. The number of morpholine rings is 1. The van der Waals surface area contributed by atoms with Crippen molar-refractivity contribution >= 4 is 17.9 Å². The number of nitrogens with one attached hydrogen (secondary N) is 1. The topological polar surface area (TPSA) is 75.1 Å². The first kappa shape index (κ1) is 22.0. The van der Waals surface area contributed by atoms with E-state index in [0.29, 0.717) is 18.4 Å². The molecule has 8 heteroatoms. The first-order valence-electron chi connectivity index (χ1n) is 10.6. The molecule has 0 saturated carbocycles. The summed E-state index contributed by atoms with van der Waals surface area (Å²) in [6, 6.07) is 10.4. The molecule has 0 unspecified atom stereocenters. The normalized spacial score (nSPS) is 14.8. The Morgan fingerprint density at radius 3 is 2.73 bits per heavy atom. The third-order valence-corrected chi connectivity index (χ3v) is 4.96. The van der Waals surface area contributed by atoms with Crippen molar-refractivity contribution in [1.82, 2.24) is 14.9 Å². The minimum absolute atomic E-state index is 0.362. The fourth-order valence-corrected chi connectivity index (χ4v) is 3.26. The molecular formula is C22H32N6O2. The Morgan fingerprint density at radius 1 is 1.20 bits per heavy atom. The van der Waals surface area contributed by atoms with Gasteiger partial charge >= 0.3 is 6.01 Å². The van der Waals surface area contributed by atoms with Gasteiger partial charge in [-0.1, -0.05) is 29.8 Å². The molecule has 0 bridgehead atoms. The van der Waals surface area contributed by atoms with Crippen LogP contribution in [0.5, 0.6) is 6.01 Å². The van der Waals surface area contributed by atoms with Gasteiger partial charge in [-0.3, -0.25) is 10.3 Å². The van der Waals surface area contributed by atoms with Crippen molar-refractivity contribution in [3.05, 3.63) is 41.5 Å². The molecule has 0 amide bonds. The van der Waals surface area contributed by atoms with E-state index in [1.165, 1.54) is 5.56 Å². The van der Waals surface area contributed by atoms with Crippen LogP contribution < -0.4 is 15.1 Å². The molecule has 1 aromatic carbocycles. The van der Waals surface area contributed by atoms with Crippen LogP contribution in [0.15, 0.2) is 35.4 Å². The van der Waals surface area contributed by atoms with E-state index in [-0.39, 0.29) is 0 Å². The largest absolute Gasteiger partial charge is 0.462 e. The molecule has 2 heterocycles. The molecule has 1 aromatic heterocycles. The molecule has 0 spiro atoms. The van der Waals surface area contributed by atoms with Crippen molar-refractivity contribution in [1.29, 1.82) is 0 Å². The Bertz CT molecular complexity index is 819. The zero-order chi connectivity index (χ0) is 21.2. The summed E-state index contributed by atoms with van der Waals surface area (Å²) in [5, 5.41) is 4.34. The Kier molecular flexibility index (Phi) is 8.41. The van der Waals surface area contributed by atoms with Crippen molar-refractivity contribution in [3.8, 4) is 6.01 Å². The van der Waals surface area contributed by atoms with Crippen LogP contribution >= 0.6 is 0 Å². The van der Waals surface area contributed by atoms with Gasteiger partial charge in [-0.2, -0.15) is 15.1 Å². The third-order valence-electron chi connectivity index (χ3n) is 4.96. The summed E-state index contributed by atoms with van der Waals surface area (Å²) >= 11 is 0. The van der Waals surface area contributed by atoms with Crippen molar-refractivity contribution in [3.63, 3.8) is 0 Å². The first-order valence-corrected chi connectivity index (χ1v) is 10.6. The van der Waals surface area contributed by atoms with Crippen molar-refractivity contribution in [2.75, 3.05) is 62.9 Å². The highest BCUT2D eigenvalue weighted by molar-refractivity contribution is 5.80. The lowest BCUT2D eigenvalue weighted by atomic mass is 10.2. The van der Waals surface area contributed by atoms with Crippen LogP contribution in [-0.4, -0.2) is 73.6 Å². The molecule has 1 N–H and O–H groups in total. The predicted molar refractivity (Wildman–Crippen MR) is 121 cm³/mol. The van der Waals surface area contributed by atoms with Gasteiger partial charge in [0.2, 0.25) is 0 Å². The number of hydrazone groups is 1. The number of anilines is 2. The molecule has 2 aromatic rings. The Labute approximate surface area is 178 Å². The monoisotopic (exact) mass is 412 g/mol. The minimum atomic E-state index is 0.362. The third kappa shape index (κ3) is 6.67. The predicted octanol–water partition coefficient (Wildman–Crippen LogP) is 2.79. The number of nitrogens with zero attached hydrogens (tertiary/aromatic N) is 5. The van der Waals surface area contributed by atoms with Crippen molar-refractivity contribution < 1.29 is 9.47 Å². The summed E-state index contributed by atoms with van der Waals surface area (Å²) in [5.74, 6) is 1.43. The zero-order valence-corrected chi connectivity index (χ0v) is 18.2. The maximum atomic E-state index is 5.89. The van der Waals surface area contributed by atoms with Crippen LogP contribution in [0.4, 0.5) is 11.6 Å². The quantitative estimate of drug-likeness (QED) is 0.475. The highest BCUT2D eigenvalue weighted by Crippen LogP contribution is 2.19. The fraction of sp³-hybridized carbons (Fsp3) is 0.500. The molecule has 0 radical (unpaired) electrons. The van der Waals surface area contributed by atoms with E-state index < -0.39 is 0 Å². The summed E-state index contributed by atoms with van der Waals surface area (Å²) in [6.45, 7) is 12.8. The van der Waals surface area contributed by atoms with E-state index in [9.17, 15) is 0 Å². The standard InChI is InChI=1S/C22H32N6O2/c1-4-28(5-2)21-16-20(26-23-17-19-8-6-7-18(3)15-19)24-22(25-21)30-14-11-27-9-12-29-13-10-27/h6-8,15-17H,4-5,9-14H2,1-3H3,(H,24,25,26)/b23-17+. The average molecular weight is 413 g/mol. The number of aromatic nitrogens is 2. The van der Waals surface area contributed by atoms with E-state index in [2.05, 4.69) is 63.2 Å². The number of ether oxygens (including phenoxy) is 2. The maximum Gasteiger partial charge on any atom is 0.320 e. The van der Waals surface area contributed by atoms with Gasteiger partial charge in [-0.05, 0) is 26.3 Å². The molecule has 1 aliphatic rings. The number of hydrogen-bond acceptors (Lipinski definition) is 8. The summed E-state index contributed by atoms with van der Waals surface area (Å²) in [6.07, 6.45) is 1.78. The Morgan fingerprint density at radius 2 is 2.00 bits per heavy atom. The van der Waals surface area contributed by atoms with Crippen LogP contribution in [0.25, 0.3) is 0 Å². The lowest BCUT2D eigenvalue weighted by molar-refractivity contribution is 0.0317. The number of hydrogen-bond donors (Lipinski definition) is 1. The fourth-order valence-electron chi connectivity index (χ4n) is 3.26. The van der Waals surface area contributed by atoms with Gasteiger partial charge in [-0.25, -0.2) is 0 Å². The average Bonchev–Trinajstić information content (AvgIpc) is 2.75. The molecule has 162 valence electrons. The molecule has 1 aliphatic heterocycles. The molecule has 8 nitrogen and oxygen atoms in total. The van der Waals surface area contributed by atoms with Crippen molar-refractivity contribution in [2.24, 2.45) is 5.10 Å². The van der Waals surface area contributed by atoms with Crippen LogP contribution in [-0.2, 0) is 4.74 Å². The highest BCUT2D eigenvalue weighted by Gasteiger charge is 2.13. The maximum absolute atomic E-state index is 5.89. The van der Waals surface area contributed by atoms with Gasteiger partial charge in [0.15, 0.2) is 5.82 Å². The van der Waals surface area contributed by atoms with Crippen molar-refractivity contribution in [2.45, 2.75) is 20.8 Å². The van der Waals surface area contributed by atoms with Gasteiger partial charge in [0.05, 0.1) is 19.4 Å². The molecule has 1 saturated heterocycles. The second kappa shape index (κ2) is 11.5. The van der Waals surface area contributed by atoms with E-state index in [4.69, 9.17) is 9.47 Å². The van der Waals surface area contributed by atoms with E-state index in [0.717, 1.165) is 57.3 Å². The summed E-state index contributed by atoms with van der Waals surface area (Å²) in [4.78, 5) is 13.6. The molecule has 0 aliphatic carbocycles. The molecule has 0 atom stereocenters. The smallest absolute Gasteiger partial charge is 0.320 e. The van der Waals surface area contributed by atoms with Crippen LogP contribution in [0.3, 0.4) is 0 Å². The lowest BCUT2D eigenvalue weighted by Crippen LogP contribution is -2.38. The summed E-state index contributed by atoms with van der Waals surface area (Å²) < 4.78 is 11.3.